The standard InChI is InChI=1S/C17H19NO4S/c19-13-4-1-11(9-13)10-22-18-16(17(20)21)12-2-5-14(6-3-12)23-15-7-8-15/h2-3,5-6,11,15H,1,4,7-10H2,(H,20,21)/b18-16+. The second kappa shape index (κ2) is 7.17. The highest BCUT2D eigenvalue weighted by atomic mass is 32.2. The minimum Gasteiger partial charge on any atom is -0.476 e. The molecule has 23 heavy (non-hydrogen) atoms. The molecule has 1 aromatic rings. The van der Waals surface area contributed by atoms with E-state index in [-0.39, 0.29) is 24.0 Å². The van der Waals surface area contributed by atoms with Gasteiger partial charge in [0.2, 0.25) is 0 Å². The minimum absolute atomic E-state index is 0.0997. The molecular weight excluding hydrogens is 314 g/mol. The molecule has 1 atom stereocenters. The van der Waals surface area contributed by atoms with Gasteiger partial charge < -0.3 is 9.94 Å². The number of carbonyl (C=O) groups excluding carboxylic acids is 1. The van der Waals surface area contributed by atoms with Gasteiger partial charge in [-0.05, 0) is 31.4 Å². The van der Waals surface area contributed by atoms with Gasteiger partial charge in [-0.2, -0.15) is 0 Å². The van der Waals surface area contributed by atoms with E-state index in [1.807, 2.05) is 23.9 Å². The molecule has 1 unspecified atom stereocenters. The summed E-state index contributed by atoms with van der Waals surface area (Å²) in [5.41, 5.74) is 0.428. The fraction of sp³-hybridized carbons (Fsp3) is 0.471. The molecule has 122 valence electrons. The highest BCUT2D eigenvalue weighted by Crippen LogP contribution is 2.39. The van der Waals surface area contributed by atoms with Crippen LogP contribution in [0.2, 0.25) is 0 Å². The molecule has 0 radical (unpaired) electrons. The Morgan fingerprint density at radius 3 is 2.57 bits per heavy atom. The Balaban J connectivity index is 1.61. The summed E-state index contributed by atoms with van der Waals surface area (Å²) in [6, 6.07) is 7.37. The van der Waals surface area contributed by atoms with Crippen molar-refractivity contribution in [3.05, 3.63) is 29.8 Å². The van der Waals surface area contributed by atoms with Gasteiger partial charge in [-0.3, -0.25) is 4.79 Å². The van der Waals surface area contributed by atoms with Crippen molar-refractivity contribution in [3.63, 3.8) is 0 Å². The summed E-state index contributed by atoms with van der Waals surface area (Å²) in [6.07, 6.45) is 4.40. The number of ketones is 1. The van der Waals surface area contributed by atoms with Crippen molar-refractivity contribution >= 4 is 29.2 Å². The first kappa shape index (κ1) is 16.1. The molecule has 2 aliphatic rings. The Kier molecular flexibility index (Phi) is 5.00. The van der Waals surface area contributed by atoms with Crippen molar-refractivity contribution in [2.24, 2.45) is 11.1 Å². The average Bonchev–Trinajstić information content (AvgIpc) is 3.24. The van der Waals surface area contributed by atoms with Gasteiger partial charge in [-0.25, -0.2) is 4.79 Å². The van der Waals surface area contributed by atoms with E-state index >= 15 is 0 Å². The lowest BCUT2D eigenvalue weighted by Gasteiger charge is -2.07. The van der Waals surface area contributed by atoms with E-state index in [1.165, 1.54) is 12.8 Å². The van der Waals surface area contributed by atoms with E-state index in [0.717, 1.165) is 11.3 Å². The summed E-state index contributed by atoms with van der Waals surface area (Å²) in [6.45, 7) is 0.290. The number of rotatable bonds is 7. The number of aliphatic carboxylic acids is 1. The predicted octanol–water partition coefficient (Wildman–Crippen LogP) is 3.12. The molecule has 0 amide bonds. The first-order valence-electron chi connectivity index (χ1n) is 7.84. The summed E-state index contributed by atoms with van der Waals surface area (Å²) >= 11 is 1.82. The van der Waals surface area contributed by atoms with Gasteiger partial charge in [0.25, 0.3) is 0 Å². The predicted molar refractivity (Wildman–Crippen MR) is 87.8 cm³/mol. The molecular formula is C17H19NO4S. The topological polar surface area (TPSA) is 76.0 Å². The number of hydrogen-bond acceptors (Lipinski definition) is 5. The van der Waals surface area contributed by atoms with Crippen LogP contribution in [-0.4, -0.2) is 34.4 Å². The third-order valence-electron chi connectivity index (χ3n) is 3.97. The Hall–Kier alpha value is -1.82. The first-order valence-corrected chi connectivity index (χ1v) is 8.72. The summed E-state index contributed by atoms with van der Waals surface area (Å²) in [7, 11) is 0. The van der Waals surface area contributed by atoms with E-state index in [1.54, 1.807) is 12.1 Å². The van der Waals surface area contributed by atoms with Crippen LogP contribution in [0.15, 0.2) is 34.3 Å². The van der Waals surface area contributed by atoms with Gasteiger partial charge in [0, 0.05) is 34.5 Å². The van der Waals surface area contributed by atoms with E-state index in [2.05, 4.69) is 5.16 Å². The van der Waals surface area contributed by atoms with Crippen molar-refractivity contribution in [3.8, 4) is 0 Å². The Morgan fingerprint density at radius 1 is 1.26 bits per heavy atom. The number of carboxylic acids is 1. The zero-order chi connectivity index (χ0) is 16.2. The van der Waals surface area contributed by atoms with Gasteiger partial charge in [0.15, 0.2) is 5.71 Å². The average molecular weight is 333 g/mol. The van der Waals surface area contributed by atoms with E-state index in [4.69, 9.17) is 4.84 Å². The number of oxime groups is 1. The van der Waals surface area contributed by atoms with Crippen LogP contribution in [0.3, 0.4) is 0 Å². The highest BCUT2D eigenvalue weighted by Gasteiger charge is 2.24. The Morgan fingerprint density at radius 2 is 2.00 bits per heavy atom. The zero-order valence-electron chi connectivity index (χ0n) is 12.7. The van der Waals surface area contributed by atoms with Crippen LogP contribution in [0.5, 0.6) is 0 Å². The maximum atomic E-state index is 11.4. The van der Waals surface area contributed by atoms with Gasteiger partial charge in [-0.1, -0.05) is 17.3 Å². The maximum Gasteiger partial charge on any atom is 0.358 e. The fourth-order valence-electron chi connectivity index (χ4n) is 2.53. The molecule has 2 fully saturated rings. The number of carboxylic acid groups (broad SMARTS) is 1. The summed E-state index contributed by atoms with van der Waals surface area (Å²) in [5.74, 6) is -0.724. The van der Waals surface area contributed by atoms with Crippen molar-refractivity contribution in [2.75, 3.05) is 6.61 Å². The number of thioether (sulfide) groups is 1. The van der Waals surface area contributed by atoms with Gasteiger partial charge in [-0.15, -0.1) is 11.8 Å². The van der Waals surface area contributed by atoms with Crippen LogP contribution >= 0.6 is 11.8 Å². The van der Waals surface area contributed by atoms with E-state index < -0.39 is 5.97 Å². The molecule has 6 heteroatoms. The summed E-state index contributed by atoms with van der Waals surface area (Å²) in [5, 5.41) is 13.8. The molecule has 0 saturated heterocycles. The van der Waals surface area contributed by atoms with E-state index in [0.29, 0.717) is 23.7 Å². The van der Waals surface area contributed by atoms with Gasteiger partial charge >= 0.3 is 5.97 Å². The van der Waals surface area contributed by atoms with Crippen LogP contribution in [0.1, 0.15) is 37.7 Å². The molecule has 0 bridgehead atoms. The zero-order valence-corrected chi connectivity index (χ0v) is 13.6. The van der Waals surface area contributed by atoms with Crippen LogP contribution in [0.4, 0.5) is 0 Å². The van der Waals surface area contributed by atoms with Gasteiger partial charge in [0.05, 0.1) is 0 Å². The molecule has 0 aromatic heterocycles. The lowest BCUT2D eigenvalue weighted by Crippen LogP contribution is -2.16. The molecule has 1 N–H and O–H groups in total. The molecule has 3 rings (SSSR count). The second-order valence-corrected chi connectivity index (χ2v) is 7.40. The lowest BCUT2D eigenvalue weighted by atomic mass is 10.1. The highest BCUT2D eigenvalue weighted by molar-refractivity contribution is 8.00. The lowest BCUT2D eigenvalue weighted by molar-refractivity contribution is -0.129. The summed E-state index contributed by atoms with van der Waals surface area (Å²) < 4.78 is 0. The van der Waals surface area contributed by atoms with E-state index in [9.17, 15) is 14.7 Å². The third-order valence-corrected chi connectivity index (χ3v) is 5.32. The molecule has 2 aliphatic carbocycles. The van der Waals surface area contributed by atoms with Crippen LogP contribution in [0, 0.1) is 5.92 Å². The van der Waals surface area contributed by atoms with Crippen molar-refractivity contribution in [1.82, 2.24) is 0 Å². The monoisotopic (exact) mass is 333 g/mol. The fourth-order valence-corrected chi connectivity index (χ4v) is 3.58. The number of carbonyl (C=O) groups is 2. The molecule has 0 aliphatic heterocycles. The minimum atomic E-state index is -1.12. The maximum absolute atomic E-state index is 11.4. The van der Waals surface area contributed by atoms with Gasteiger partial charge in [0.1, 0.15) is 12.4 Å². The molecule has 0 spiro atoms. The van der Waals surface area contributed by atoms with Crippen LogP contribution < -0.4 is 0 Å². The van der Waals surface area contributed by atoms with Crippen molar-refractivity contribution in [2.45, 2.75) is 42.2 Å². The van der Waals surface area contributed by atoms with Crippen LogP contribution in [0.25, 0.3) is 0 Å². The number of benzene rings is 1. The quantitative estimate of drug-likeness (QED) is 0.613. The van der Waals surface area contributed by atoms with Crippen molar-refractivity contribution < 1.29 is 19.5 Å². The van der Waals surface area contributed by atoms with Crippen LogP contribution in [-0.2, 0) is 14.4 Å². The number of hydrogen-bond donors (Lipinski definition) is 1. The summed E-state index contributed by atoms with van der Waals surface area (Å²) in [4.78, 5) is 28.9. The number of nitrogens with zero attached hydrogens (tertiary/aromatic N) is 1. The Bertz CT molecular complexity index is 622. The van der Waals surface area contributed by atoms with Crippen molar-refractivity contribution in [1.29, 1.82) is 0 Å². The largest absolute Gasteiger partial charge is 0.476 e. The SMILES string of the molecule is O=C1CCC(CO/N=C(/C(=O)O)c2ccc(SC3CC3)cc2)C1. The third kappa shape index (κ3) is 4.58. The second-order valence-electron chi connectivity index (χ2n) is 6.03. The first-order chi connectivity index (χ1) is 11.1. The smallest absolute Gasteiger partial charge is 0.358 e. The molecule has 5 nitrogen and oxygen atoms in total. The Labute approximate surface area is 139 Å². The molecule has 0 heterocycles. The number of Topliss-reactive ketones (excluding diaryl/α,β-unsaturated/α-hetero) is 1. The molecule has 1 aromatic carbocycles. The molecule has 2 saturated carbocycles. The normalized spacial score (nSPS) is 21.5.